The van der Waals surface area contributed by atoms with Gasteiger partial charge in [0, 0.05) is 19.2 Å². The lowest BCUT2D eigenvalue weighted by atomic mass is 10.1. The Labute approximate surface area is 128 Å². The molecule has 114 valence electrons. The number of H-pyrrole nitrogens is 1. The number of aromatic nitrogens is 4. The number of aryl methyl sites for hydroxylation is 1. The van der Waals surface area contributed by atoms with Gasteiger partial charge in [-0.3, -0.25) is 14.5 Å². The van der Waals surface area contributed by atoms with Crippen LogP contribution in [0.2, 0.25) is 0 Å². The molecule has 0 saturated carbocycles. The molecule has 0 fully saturated rings. The highest BCUT2D eigenvalue weighted by atomic mass is 16.1. The maximum Gasteiger partial charge on any atom is 0.281 e. The summed E-state index contributed by atoms with van der Waals surface area (Å²) in [7, 11) is 1.73. The summed E-state index contributed by atoms with van der Waals surface area (Å²) in [4.78, 5) is 17.1. The molecule has 0 unspecified atom stereocenters. The van der Waals surface area contributed by atoms with E-state index in [0.29, 0.717) is 17.5 Å². The Morgan fingerprint density at radius 2 is 1.95 bits per heavy atom. The summed E-state index contributed by atoms with van der Waals surface area (Å²) in [5.41, 5.74) is 9.40. The van der Waals surface area contributed by atoms with Crippen LogP contribution in [0, 0.1) is 0 Å². The summed E-state index contributed by atoms with van der Waals surface area (Å²) in [6, 6.07) is 7.61. The Balaban J connectivity index is 2.08. The molecule has 1 aromatic carbocycles. The molecule has 0 aliphatic heterocycles. The molecule has 0 atom stereocenters. The minimum Gasteiger partial charge on any atom is -0.399 e. The summed E-state index contributed by atoms with van der Waals surface area (Å²) in [5.74, 6) is 0.723. The second-order valence-corrected chi connectivity index (χ2v) is 5.46. The van der Waals surface area contributed by atoms with Crippen LogP contribution in [0.3, 0.4) is 0 Å². The normalized spacial score (nSPS) is 11.2. The van der Waals surface area contributed by atoms with Crippen molar-refractivity contribution < 1.29 is 0 Å². The zero-order chi connectivity index (χ0) is 15.7. The smallest absolute Gasteiger partial charge is 0.281 e. The van der Waals surface area contributed by atoms with Crippen molar-refractivity contribution >= 4 is 16.7 Å². The molecule has 0 saturated heterocycles. The first-order chi connectivity index (χ1) is 10.6. The van der Waals surface area contributed by atoms with Crippen molar-refractivity contribution in [1.29, 1.82) is 0 Å². The fourth-order valence-electron chi connectivity index (χ4n) is 2.52. The molecule has 6 heteroatoms. The molecule has 0 bridgehead atoms. The second-order valence-electron chi connectivity index (χ2n) is 5.46. The van der Waals surface area contributed by atoms with E-state index in [-0.39, 0.29) is 5.56 Å². The van der Waals surface area contributed by atoms with Gasteiger partial charge in [0.15, 0.2) is 5.52 Å². The van der Waals surface area contributed by atoms with E-state index in [1.54, 1.807) is 11.6 Å². The second kappa shape index (κ2) is 5.63. The first-order valence-electron chi connectivity index (χ1n) is 7.37. The Kier molecular flexibility index (Phi) is 3.66. The number of benzene rings is 1. The van der Waals surface area contributed by atoms with Crippen LogP contribution in [0.4, 0.5) is 5.69 Å². The van der Waals surface area contributed by atoms with Crippen molar-refractivity contribution in [2.45, 2.75) is 26.2 Å². The molecule has 0 radical (unpaired) electrons. The number of nitrogens with zero attached hydrogens (tertiary/aromatic N) is 3. The van der Waals surface area contributed by atoms with E-state index >= 15 is 0 Å². The Morgan fingerprint density at radius 1 is 1.23 bits per heavy atom. The lowest BCUT2D eigenvalue weighted by molar-refractivity contribution is 0.761. The van der Waals surface area contributed by atoms with Gasteiger partial charge in [-0.1, -0.05) is 25.5 Å². The summed E-state index contributed by atoms with van der Waals surface area (Å²) in [6.45, 7) is 2.09. The predicted molar refractivity (Wildman–Crippen MR) is 86.8 cm³/mol. The maximum absolute atomic E-state index is 12.4. The van der Waals surface area contributed by atoms with Crippen LogP contribution in [0.1, 0.15) is 30.4 Å². The first-order valence-corrected chi connectivity index (χ1v) is 7.37. The molecule has 0 amide bonds. The monoisotopic (exact) mass is 297 g/mol. The largest absolute Gasteiger partial charge is 0.399 e. The molecule has 3 N–H and O–H groups in total. The zero-order valence-electron chi connectivity index (χ0n) is 12.8. The summed E-state index contributed by atoms with van der Waals surface area (Å²) < 4.78 is 1.56. The fraction of sp³-hybridized carbons (Fsp3) is 0.312. The summed E-state index contributed by atoms with van der Waals surface area (Å²) in [6.07, 6.45) is 2.39. The van der Waals surface area contributed by atoms with E-state index in [4.69, 9.17) is 5.73 Å². The van der Waals surface area contributed by atoms with Crippen LogP contribution < -0.4 is 11.3 Å². The van der Waals surface area contributed by atoms with Gasteiger partial charge in [-0.2, -0.15) is 5.10 Å². The Hall–Kier alpha value is -2.63. The van der Waals surface area contributed by atoms with Crippen LogP contribution in [-0.4, -0.2) is 19.7 Å². The molecule has 2 heterocycles. The van der Waals surface area contributed by atoms with E-state index in [1.165, 1.54) is 0 Å². The van der Waals surface area contributed by atoms with Crippen LogP contribution in [0.5, 0.6) is 0 Å². The molecule has 0 aliphatic rings. The van der Waals surface area contributed by atoms with Gasteiger partial charge in [0.2, 0.25) is 0 Å². The van der Waals surface area contributed by atoms with Gasteiger partial charge in [0.1, 0.15) is 11.3 Å². The third-order valence-electron chi connectivity index (χ3n) is 3.79. The number of nitrogens with one attached hydrogen (secondary N) is 1. The van der Waals surface area contributed by atoms with E-state index in [9.17, 15) is 4.79 Å². The van der Waals surface area contributed by atoms with Crippen molar-refractivity contribution in [3.63, 3.8) is 0 Å². The molecular formula is C16H19N5O. The fourth-order valence-corrected chi connectivity index (χ4v) is 2.52. The third-order valence-corrected chi connectivity index (χ3v) is 3.79. The number of hydrogen-bond donors (Lipinski definition) is 2. The predicted octanol–water partition coefficient (Wildman–Crippen LogP) is 1.78. The number of nitrogen functional groups attached to an aromatic ring is 1. The van der Waals surface area contributed by atoms with Gasteiger partial charge < -0.3 is 5.73 Å². The molecule has 0 aliphatic carbocycles. The lowest BCUT2D eigenvalue weighted by Gasteiger charge is -2.08. The Morgan fingerprint density at radius 3 is 2.64 bits per heavy atom. The molecule has 3 aromatic rings. The number of nitrogens with two attached hydrogens (primary N) is 1. The number of fused-ring (bicyclic) bond motifs is 1. The van der Waals surface area contributed by atoms with E-state index < -0.39 is 0 Å². The van der Waals surface area contributed by atoms with E-state index in [0.717, 1.165) is 35.6 Å². The molecule has 0 spiro atoms. The molecular weight excluding hydrogens is 278 g/mol. The van der Waals surface area contributed by atoms with Crippen molar-refractivity contribution in [3.05, 3.63) is 51.7 Å². The van der Waals surface area contributed by atoms with Gasteiger partial charge in [0.25, 0.3) is 5.56 Å². The highest BCUT2D eigenvalue weighted by Crippen LogP contribution is 2.15. The Bertz CT molecular complexity index is 861. The quantitative estimate of drug-likeness (QED) is 0.718. The van der Waals surface area contributed by atoms with Gasteiger partial charge in [-0.05, 0) is 24.1 Å². The highest BCUT2D eigenvalue weighted by Gasteiger charge is 2.14. The van der Waals surface area contributed by atoms with Crippen LogP contribution in [0.15, 0.2) is 29.1 Å². The van der Waals surface area contributed by atoms with Crippen LogP contribution in [-0.2, 0) is 19.9 Å². The topological polar surface area (TPSA) is 89.6 Å². The number of aromatic amines is 1. The van der Waals surface area contributed by atoms with Crippen LogP contribution in [0.25, 0.3) is 11.0 Å². The average molecular weight is 297 g/mol. The minimum absolute atomic E-state index is 0.117. The van der Waals surface area contributed by atoms with Crippen molar-refractivity contribution in [2.75, 3.05) is 5.73 Å². The van der Waals surface area contributed by atoms with Gasteiger partial charge in [-0.15, -0.1) is 0 Å². The number of rotatable bonds is 4. The summed E-state index contributed by atoms with van der Waals surface area (Å²) >= 11 is 0. The van der Waals surface area contributed by atoms with Crippen molar-refractivity contribution in [3.8, 4) is 0 Å². The van der Waals surface area contributed by atoms with Crippen LogP contribution >= 0.6 is 0 Å². The van der Waals surface area contributed by atoms with E-state index in [2.05, 4.69) is 22.1 Å². The molecule has 6 nitrogen and oxygen atoms in total. The standard InChI is InChI=1S/C16H19N5O/c1-3-4-12-14-15(20-19-12)16(22)21(2)13(18-14)9-10-5-7-11(17)8-6-10/h5-8H,3-4,9,17H2,1-2H3,(H,19,20). The van der Waals surface area contributed by atoms with Crippen molar-refractivity contribution in [1.82, 2.24) is 19.7 Å². The van der Waals surface area contributed by atoms with E-state index in [1.807, 2.05) is 24.3 Å². The average Bonchev–Trinajstić information content (AvgIpc) is 2.90. The molecule has 2 aromatic heterocycles. The number of hydrogen-bond acceptors (Lipinski definition) is 4. The first kappa shape index (κ1) is 14.3. The third kappa shape index (κ3) is 2.47. The lowest BCUT2D eigenvalue weighted by Crippen LogP contribution is -2.22. The van der Waals surface area contributed by atoms with Gasteiger partial charge in [-0.25, -0.2) is 4.98 Å². The molecule has 3 rings (SSSR count). The minimum atomic E-state index is -0.117. The van der Waals surface area contributed by atoms with Gasteiger partial charge in [0.05, 0.1) is 5.69 Å². The number of anilines is 1. The van der Waals surface area contributed by atoms with Gasteiger partial charge >= 0.3 is 0 Å². The highest BCUT2D eigenvalue weighted by molar-refractivity contribution is 5.75. The van der Waals surface area contributed by atoms with Crippen molar-refractivity contribution in [2.24, 2.45) is 7.05 Å². The SMILES string of the molecule is CCCc1[nH]nc2c(=O)n(C)c(Cc3ccc(N)cc3)nc12. The maximum atomic E-state index is 12.4. The zero-order valence-corrected chi connectivity index (χ0v) is 12.8. The molecule has 22 heavy (non-hydrogen) atoms. The summed E-state index contributed by atoms with van der Waals surface area (Å²) in [5, 5.41) is 7.06.